The number of Topliss-reactive ketones (excluding diaryl/α,β-unsaturated/α-hetero) is 1. The predicted molar refractivity (Wildman–Crippen MR) is 70.0 cm³/mol. The van der Waals surface area contributed by atoms with Gasteiger partial charge >= 0.3 is 0 Å². The fourth-order valence-corrected chi connectivity index (χ4v) is 1.69. The van der Waals surface area contributed by atoms with Crippen LogP contribution in [0, 0.1) is 23.1 Å². The zero-order chi connectivity index (χ0) is 15.4. The first-order chi connectivity index (χ1) is 10.0. The third kappa shape index (κ3) is 3.24. The van der Waals surface area contributed by atoms with Crippen molar-refractivity contribution in [3.63, 3.8) is 0 Å². The van der Waals surface area contributed by atoms with Gasteiger partial charge in [0.05, 0.1) is 11.1 Å². The minimum atomic E-state index is -1.60. The molecule has 21 heavy (non-hydrogen) atoms. The van der Waals surface area contributed by atoms with Gasteiger partial charge in [0, 0.05) is 5.69 Å². The van der Waals surface area contributed by atoms with E-state index in [2.05, 4.69) is 14.7 Å². The number of carbonyl (C=O) groups excluding carboxylic acids is 2. The number of carbonyl (C=O) groups is 2. The molecule has 1 N–H and O–H groups in total. The molecule has 1 atom stereocenters. The fraction of sp³-hybridized carbons (Fsp3) is 0.0769. The standard InChI is InChI=1S/C13H7ClFN3O3/c14-9-3-7(1-2-10(9)15)18-13(20)8(4-16)12(19)11-5-21-6-17-11/h1-3,5-6,8H,(H,18,20)/t8-/m1/s1. The molecule has 0 spiro atoms. The van der Waals surface area contributed by atoms with Crippen molar-refractivity contribution in [3.05, 3.63) is 47.4 Å². The van der Waals surface area contributed by atoms with Gasteiger partial charge in [-0.1, -0.05) is 11.6 Å². The van der Waals surface area contributed by atoms with E-state index < -0.39 is 23.4 Å². The molecule has 1 aromatic carbocycles. The van der Waals surface area contributed by atoms with Gasteiger partial charge in [-0.05, 0) is 18.2 Å². The monoisotopic (exact) mass is 307 g/mol. The van der Waals surface area contributed by atoms with Crippen LogP contribution in [0.4, 0.5) is 10.1 Å². The summed E-state index contributed by atoms with van der Waals surface area (Å²) in [7, 11) is 0. The fourth-order valence-electron chi connectivity index (χ4n) is 1.51. The molecule has 0 saturated heterocycles. The Kier molecular flexibility index (Phi) is 4.30. The third-order valence-electron chi connectivity index (χ3n) is 2.53. The first-order valence-electron chi connectivity index (χ1n) is 5.61. The SMILES string of the molecule is N#C[C@@H](C(=O)Nc1ccc(F)c(Cl)c1)C(=O)c1cocn1. The van der Waals surface area contributed by atoms with E-state index in [-0.39, 0.29) is 16.4 Å². The molecule has 0 aliphatic heterocycles. The number of oxazole rings is 1. The molecule has 106 valence electrons. The van der Waals surface area contributed by atoms with Gasteiger partial charge in [0.2, 0.25) is 11.7 Å². The summed E-state index contributed by atoms with van der Waals surface area (Å²) >= 11 is 5.57. The number of anilines is 1. The normalized spacial score (nSPS) is 11.5. The quantitative estimate of drug-likeness (QED) is 0.691. The lowest BCUT2D eigenvalue weighted by Gasteiger charge is -2.08. The number of aromatic nitrogens is 1. The molecule has 1 amide bonds. The summed E-state index contributed by atoms with van der Waals surface area (Å²) in [5, 5.41) is 11.1. The van der Waals surface area contributed by atoms with Crippen LogP contribution in [0.5, 0.6) is 0 Å². The van der Waals surface area contributed by atoms with Crippen molar-refractivity contribution < 1.29 is 18.4 Å². The summed E-state index contributed by atoms with van der Waals surface area (Å²) in [5.41, 5.74) is 0.0356. The van der Waals surface area contributed by atoms with Crippen LogP contribution < -0.4 is 5.32 Å². The summed E-state index contributed by atoms with van der Waals surface area (Å²) in [4.78, 5) is 27.4. The Morgan fingerprint density at radius 3 is 2.81 bits per heavy atom. The number of nitrogens with zero attached hydrogens (tertiary/aromatic N) is 2. The Morgan fingerprint density at radius 1 is 1.48 bits per heavy atom. The zero-order valence-corrected chi connectivity index (χ0v) is 11.1. The number of hydrogen-bond donors (Lipinski definition) is 1. The number of benzene rings is 1. The lowest BCUT2D eigenvalue weighted by Crippen LogP contribution is -2.28. The van der Waals surface area contributed by atoms with Crippen molar-refractivity contribution in [3.8, 4) is 6.07 Å². The van der Waals surface area contributed by atoms with Gasteiger partial charge in [0.1, 0.15) is 17.8 Å². The predicted octanol–water partition coefficient (Wildman–Crippen LogP) is 2.43. The molecule has 0 bridgehead atoms. The maximum Gasteiger partial charge on any atom is 0.249 e. The second-order valence-electron chi connectivity index (χ2n) is 3.92. The first-order valence-corrected chi connectivity index (χ1v) is 5.98. The Balaban J connectivity index is 2.16. The number of nitriles is 1. The van der Waals surface area contributed by atoms with Crippen molar-refractivity contribution in [2.24, 2.45) is 5.92 Å². The van der Waals surface area contributed by atoms with Crippen LogP contribution in [0.1, 0.15) is 10.5 Å². The molecule has 0 saturated carbocycles. The summed E-state index contributed by atoms with van der Waals surface area (Å²) < 4.78 is 17.6. The van der Waals surface area contributed by atoms with Gasteiger partial charge in [-0.2, -0.15) is 5.26 Å². The zero-order valence-electron chi connectivity index (χ0n) is 10.3. The molecule has 0 radical (unpaired) electrons. The molecular formula is C13H7ClFN3O3. The van der Waals surface area contributed by atoms with Crippen LogP contribution in [0.3, 0.4) is 0 Å². The summed E-state index contributed by atoms with van der Waals surface area (Å²) in [6, 6.07) is 5.07. The van der Waals surface area contributed by atoms with Crippen molar-refractivity contribution in [1.29, 1.82) is 5.26 Å². The van der Waals surface area contributed by atoms with E-state index in [1.807, 2.05) is 0 Å². The second kappa shape index (κ2) is 6.15. The number of halogens is 2. The van der Waals surface area contributed by atoms with E-state index >= 15 is 0 Å². The van der Waals surface area contributed by atoms with Crippen LogP contribution in [0.2, 0.25) is 5.02 Å². The van der Waals surface area contributed by atoms with E-state index in [1.165, 1.54) is 12.1 Å². The minimum Gasteiger partial charge on any atom is -0.451 e. The van der Waals surface area contributed by atoms with Crippen molar-refractivity contribution in [2.75, 3.05) is 5.32 Å². The van der Waals surface area contributed by atoms with E-state index in [0.717, 1.165) is 18.7 Å². The molecular weight excluding hydrogens is 301 g/mol. The van der Waals surface area contributed by atoms with Gasteiger partial charge in [0.25, 0.3) is 0 Å². The summed E-state index contributed by atoms with van der Waals surface area (Å²) in [6.07, 6.45) is 2.05. The molecule has 0 aliphatic carbocycles. The highest BCUT2D eigenvalue weighted by molar-refractivity contribution is 6.31. The van der Waals surface area contributed by atoms with Crippen molar-refractivity contribution in [2.45, 2.75) is 0 Å². The van der Waals surface area contributed by atoms with E-state index in [1.54, 1.807) is 6.07 Å². The van der Waals surface area contributed by atoms with E-state index in [0.29, 0.717) is 0 Å². The Labute approximate surface area is 123 Å². The largest absolute Gasteiger partial charge is 0.451 e. The first kappa shape index (κ1) is 14.7. The number of hydrogen-bond acceptors (Lipinski definition) is 5. The number of amides is 1. The number of ketones is 1. The minimum absolute atomic E-state index is 0.131. The molecule has 1 heterocycles. The maximum absolute atomic E-state index is 13.0. The molecule has 6 nitrogen and oxygen atoms in total. The summed E-state index contributed by atoms with van der Waals surface area (Å²) in [6.45, 7) is 0. The lowest BCUT2D eigenvalue weighted by atomic mass is 10.0. The van der Waals surface area contributed by atoms with Crippen molar-refractivity contribution >= 4 is 29.0 Å². The van der Waals surface area contributed by atoms with E-state index in [9.17, 15) is 14.0 Å². The Hall–Kier alpha value is -2.72. The van der Waals surface area contributed by atoms with Crippen LogP contribution in [0.15, 0.2) is 35.3 Å². The molecule has 2 rings (SSSR count). The van der Waals surface area contributed by atoms with Crippen LogP contribution in [0.25, 0.3) is 0 Å². The highest BCUT2D eigenvalue weighted by atomic mass is 35.5. The van der Waals surface area contributed by atoms with Crippen molar-refractivity contribution in [1.82, 2.24) is 4.98 Å². The maximum atomic E-state index is 13.0. The molecule has 1 aromatic heterocycles. The topological polar surface area (TPSA) is 96.0 Å². The third-order valence-corrected chi connectivity index (χ3v) is 2.82. The molecule has 0 unspecified atom stereocenters. The number of nitrogens with one attached hydrogen (secondary N) is 1. The van der Waals surface area contributed by atoms with Crippen LogP contribution in [-0.2, 0) is 4.79 Å². The molecule has 2 aromatic rings. The van der Waals surface area contributed by atoms with Crippen LogP contribution in [-0.4, -0.2) is 16.7 Å². The van der Waals surface area contributed by atoms with Gasteiger partial charge in [-0.3, -0.25) is 9.59 Å². The Morgan fingerprint density at radius 2 is 2.24 bits per heavy atom. The van der Waals surface area contributed by atoms with E-state index in [4.69, 9.17) is 16.9 Å². The average Bonchev–Trinajstić information content (AvgIpc) is 2.97. The highest BCUT2D eigenvalue weighted by Crippen LogP contribution is 2.20. The van der Waals surface area contributed by atoms with Gasteiger partial charge in [-0.25, -0.2) is 9.37 Å². The van der Waals surface area contributed by atoms with Crippen LogP contribution >= 0.6 is 11.6 Å². The summed E-state index contributed by atoms with van der Waals surface area (Å²) in [5.74, 6) is -3.91. The average molecular weight is 308 g/mol. The molecule has 0 aliphatic rings. The lowest BCUT2D eigenvalue weighted by molar-refractivity contribution is -0.117. The highest BCUT2D eigenvalue weighted by Gasteiger charge is 2.29. The smallest absolute Gasteiger partial charge is 0.249 e. The van der Waals surface area contributed by atoms with Gasteiger partial charge < -0.3 is 9.73 Å². The molecule has 0 fully saturated rings. The number of rotatable bonds is 4. The van der Waals surface area contributed by atoms with Gasteiger partial charge in [0.15, 0.2) is 12.3 Å². The molecule has 8 heteroatoms. The van der Waals surface area contributed by atoms with Gasteiger partial charge in [-0.15, -0.1) is 0 Å². The Bertz CT molecular complexity index is 725. The second-order valence-corrected chi connectivity index (χ2v) is 4.33.